The molecule has 0 spiro atoms. The monoisotopic (exact) mass is 496 g/mol. The van der Waals surface area contributed by atoms with Gasteiger partial charge in [0, 0.05) is 23.7 Å². The van der Waals surface area contributed by atoms with Crippen LogP contribution in [-0.2, 0) is 6.54 Å². The minimum Gasteiger partial charge on any atom is -0.497 e. The number of hydrogen-bond acceptors (Lipinski definition) is 6. The van der Waals surface area contributed by atoms with Crippen LogP contribution in [0.5, 0.6) is 23.0 Å². The lowest BCUT2D eigenvalue weighted by Gasteiger charge is -2.24. The zero-order valence-electron chi connectivity index (χ0n) is 21.8. The molecule has 1 heterocycles. The van der Waals surface area contributed by atoms with E-state index < -0.39 is 0 Å². The molecular formula is C28H36N2O6. The molecule has 0 aliphatic carbocycles. The smallest absolute Gasteiger partial charge is 0.254 e. The fourth-order valence-corrected chi connectivity index (χ4v) is 3.97. The number of carbonyl (C=O) groups excluding carboxylic acids is 1. The summed E-state index contributed by atoms with van der Waals surface area (Å²) in [7, 11) is 1.58. The number of carbonyl (C=O) groups is 1. The molecular weight excluding hydrogens is 460 g/mol. The lowest BCUT2D eigenvalue weighted by Crippen LogP contribution is -2.33. The molecule has 8 nitrogen and oxygen atoms in total. The lowest BCUT2D eigenvalue weighted by molar-refractivity contribution is 0.0739. The summed E-state index contributed by atoms with van der Waals surface area (Å²) in [4.78, 5) is 31.3. The van der Waals surface area contributed by atoms with Crippen molar-refractivity contribution in [1.29, 1.82) is 0 Å². The van der Waals surface area contributed by atoms with Gasteiger partial charge in [-0.3, -0.25) is 9.59 Å². The summed E-state index contributed by atoms with van der Waals surface area (Å²) in [5.74, 6) is 1.86. The van der Waals surface area contributed by atoms with Crippen LogP contribution >= 0.6 is 0 Å². The summed E-state index contributed by atoms with van der Waals surface area (Å²) in [5, 5.41) is 0.867. The van der Waals surface area contributed by atoms with Gasteiger partial charge in [-0.15, -0.1) is 0 Å². The van der Waals surface area contributed by atoms with Crippen LogP contribution in [0.2, 0.25) is 0 Å². The fourth-order valence-electron chi connectivity index (χ4n) is 3.97. The van der Waals surface area contributed by atoms with Crippen LogP contribution in [0.15, 0.2) is 41.2 Å². The van der Waals surface area contributed by atoms with Crippen molar-refractivity contribution in [1.82, 2.24) is 9.88 Å². The van der Waals surface area contributed by atoms with Gasteiger partial charge in [-0.1, -0.05) is 13.3 Å². The fraction of sp³-hybridized carbons (Fsp3) is 0.429. The van der Waals surface area contributed by atoms with E-state index in [2.05, 4.69) is 11.9 Å². The Balaban J connectivity index is 2.00. The zero-order chi connectivity index (χ0) is 26.1. The maximum Gasteiger partial charge on any atom is 0.254 e. The molecule has 3 aromatic rings. The predicted octanol–water partition coefficient (Wildman–Crippen LogP) is 5.18. The van der Waals surface area contributed by atoms with Crippen molar-refractivity contribution in [3.05, 3.63) is 57.9 Å². The van der Waals surface area contributed by atoms with Gasteiger partial charge in [0.2, 0.25) is 5.75 Å². The Morgan fingerprint density at radius 1 is 0.917 bits per heavy atom. The number of aromatic nitrogens is 1. The number of nitrogens with one attached hydrogen (secondary N) is 1. The van der Waals surface area contributed by atoms with Gasteiger partial charge in [-0.2, -0.15) is 0 Å². The Bertz CT molecular complexity index is 1210. The number of fused-ring (bicyclic) bond motifs is 1. The molecule has 0 aliphatic heterocycles. The van der Waals surface area contributed by atoms with E-state index in [-0.39, 0.29) is 18.0 Å². The van der Waals surface area contributed by atoms with Crippen molar-refractivity contribution in [2.45, 2.75) is 47.1 Å². The highest BCUT2D eigenvalue weighted by Crippen LogP contribution is 2.39. The van der Waals surface area contributed by atoms with Crippen molar-refractivity contribution >= 4 is 16.8 Å². The van der Waals surface area contributed by atoms with E-state index in [1.807, 2.05) is 39.0 Å². The van der Waals surface area contributed by atoms with Crippen molar-refractivity contribution in [3.8, 4) is 23.0 Å². The molecule has 1 amide bonds. The Hall–Kier alpha value is -3.68. The largest absolute Gasteiger partial charge is 0.497 e. The van der Waals surface area contributed by atoms with E-state index in [1.165, 1.54) is 0 Å². The van der Waals surface area contributed by atoms with Crippen molar-refractivity contribution in [3.63, 3.8) is 0 Å². The van der Waals surface area contributed by atoms with Gasteiger partial charge in [0.15, 0.2) is 11.5 Å². The highest BCUT2D eigenvalue weighted by Gasteiger charge is 2.23. The van der Waals surface area contributed by atoms with Crippen LogP contribution in [0.3, 0.4) is 0 Å². The van der Waals surface area contributed by atoms with Gasteiger partial charge >= 0.3 is 0 Å². The maximum absolute atomic E-state index is 13.7. The molecule has 0 fully saturated rings. The number of benzene rings is 2. The molecule has 194 valence electrons. The Kier molecular flexibility index (Phi) is 9.61. The first-order chi connectivity index (χ1) is 17.4. The molecule has 1 aromatic heterocycles. The first-order valence-corrected chi connectivity index (χ1v) is 12.5. The third kappa shape index (κ3) is 6.30. The summed E-state index contributed by atoms with van der Waals surface area (Å²) < 4.78 is 22.6. The molecule has 8 heteroatoms. The number of nitrogens with zero attached hydrogens (tertiary/aromatic N) is 1. The van der Waals surface area contributed by atoms with Crippen LogP contribution in [-0.4, -0.2) is 49.3 Å². The summed E-state index contributed by atoms with van der Waals surface area (Å²) in [6.45, 7) is 9.66. The van der Waals surface area contributed by atoms with Gasteiger partial charge in [0.05, 0.1) is 39.0 Å². The SMILES string of the molecule is CCCCN(Cc1cc2ccc(OC)cc2[nH]c1=O)C(=O)c1cc(OCC)c(OCC)c(OCC)c1. The van der Waals surface area contributed by atoms with E-state index in [9.17, 15) is 9.59 Å². The van der Waals surface area contributed by atoms with Gasteiger partial charge in [0.1, 0.15) is 5.75 Å². The number of methoxy groups -OCH3 is 1. The lowest BCUT2D eigenvalue weighted by atomic mass is 10.1. The number of hydrogen-bond donors (Lipinski definition) is 1. The molecule has 36 heavy (non-hydrogen) atoms. The van der Waals surface area contributed by atoms with Crippen molar-refractivity contribution in [2.24, 2.45) is 0 Å². The van der Waals surface area contributed by atoms with Gasteiger partial charge < -0.3 is 28.8 Å². The molecule has 0 bridgehead atoms. The Labute approximate surface area is 212 Å². The number of amides is 1. The zero-order valence-corrected chi connectivity index (χ0v) is 21.8. The normalized spacial score (nSPS) is 10.8. The van der Waals surface area contributed by atoms with E-state index >= 15 is 0 Å². The summed E-state index contributed by atoms with van der Waals surface area (Å²) in [6.07, 6.45) is 1.72. The van der Waals surface area contributed by atoms with Crippen molar-refractivity contribution in [2.75, 3.05) is 33.5 Å². The van der Waals surface area contributed by atoms with Gasteiger partial charge in [-0.25, -0.2) is 0 Å². The summed E-state index contributed by atoms with van der Waals surface area (Å²) in [6, 6.07) is 10.7. The van der Waals surface area contributed by atoms with E-state index in [0.29, 0.717) is 66.0 Å². The Morgan fingerprint density at radius 3 is 2.17 bits per heavy atom. The Morgan fingerprint density at radius 2 is 1.58 bits per heavy atom. The molecule has 0 aliphatic rings. The van der Waals surface area contributed by atoms with Crippen LogP contribution in [0.25, 0.3) is 10.9 Å². The van der Waals surface area contributed by atoms with Crippen LogP contribution in [0.1, 0.15) is 56.5 Å². The molecule has 0 atom stereocenters. The number of unbranched alkanes of at least 4 members (excludes halogenated alkanes) is 1. The van der Waals surface area contributed by atoms with Crippen LogP contribution in [0.4, 0.5) is 0 Å². The standard InChI is InChI=1S/C28H36N2O6/c1-6-10-13-30(18-21-14-19-11-12-22(33-5)17-23(19)29-27(21)31)28(32)20-15-24(34-7-2)26(36-9-4)25(16-20)35-8-3/h11-12,14-17H,6-10,13,18H2,1-5H3,(H,29,31). The number of ether oxygens (including phenoxy) is 4. The molecule has 1 N–H and O–H groups in total. The van der Waals surface area contributed by atoms with Gasteiger partial charge in [-0.05, 0) is 62.9 Å². The van der Waals surface area contributed by atoms with E-state index in [0.717, 1.165) is 18.2 Å². The molecule has 0 radical (unpaired) electrons. The van der Waals surface area contributed by atoms with Crippen LogP contribution in [0, 0.1) is 0 Å². The number of rotatable bonds is 13. The van der Waals surface area contributed by atoms with Crippen molar-refractivity contribution < 1.29 is 23.7 Å². The average molecular weight is 497 g/mol. The molecule has 2 aromatic carbocycles. The van der Waals surface area contributed by atoms with Crippen LogP contribution < -0.4 is 24.5 Å². The maximum atomic E-state index is 13.7. The second-order valence-corrected chi connectivity index (χ2v) is 8.26. The minimum atomic E-state index is -0.234. The first-order valence-electron chi connectivity index (χ1n) is 12.5. The highest BCUT2D eigenvalue weighted by molar-refractivity contribution is 5.95. The third-order valence-electron chi connectivity index (χ3n) is 5.72. The second-order valence-electron chi connectivity index (χ2n) is 8.26. The van der Waals surface area contributed by atoms with E-state index in [1.54, 1.807) is 30.2 Å². The van der Waals surface area contributed by atoms with Gasteiger partial charge in [0.25, 0.3) is 11.5 Å². The quantitative estimate of drug-likeness (QED) is 0.351. The highest BCUT2D eigenvalue weighted by atomic mass is 16.5. The average Bonchev–Trinajstić information content (AvgIpc) is 2.88. The topological polar surface area (TPSA) is 90.1 Å². The molecule has 0 unspecified atom stereocenters. The summed E-state index contributed by atoms with van der Waals surface area (Å²) in [5.41, 5.74) is 1.38. The predicted molar refractivity (Wildman–Crippen MR) is 141 cm³/mol. The molecule has 3 rings (SSSR count). The van der Waals surface area contributed by atoms with E-state index in [4.69, 9.17) is 18.9 Å². The number of aromatic amines is 1. The molecule has 0 saturated heterocycles. The minimum absolute atomic E-state index is 0.178. The second kappa shape index (κ2) is 12.9. The first kappa shape index (κ1) is 26.9. The number of pyridine rings is 1. The third-order valence-corrected chi connectivity index (χ3v) is 5.72. The molecule has 0 saturated carbocycles. The number of H-pyrrole nitrogens is 1. The summed E-state index contributed by atoms with van der Waals surface area (Å²) >= 11 is 0.